The van der Waals surface area contributed by atoms with Gasteiger partial charge in [-0.2, -0.15) is 0 Å². The van der Waals surface area contributed by atoms with Crippen molar-refractivity contribution < 1.29 is 9.59 Å². The summed E-state index contributed by atoms with van der Waals surface area (Å²) in [7, 11) is 0. The monoisotopic (exact) mass is 216 g/mol. The molecule has 0 aliphatic carbocycles. The zero-order valence-corrected chi connectivity index (χ0v) is 9.28. The quantitative estimate of drug-likeness (QED) is 0.570. The Balaban J connectivity index is 3.14. The Morgan fingerprint density at radius 3 is 2.31 bits per heavy atom. The van der Waals surface area contributed by atoms with Crippen LogP contribution in [0.3, 0.4) is 0 Å². The zero-order valence-electron chi connectivity index (χ0n) is 9.28. The van der Waals surface area contributed by atoms with Gasteiger partial charge >= 0.3 is 0 Å². The molecule has 1 rings (SSSR count). The predicted molar refractivity (Wildman–Crippen MR) is 59.6 cm³/mol. The summed E-state index contributed by atoms with van der Waals surface area (Å²) < 4.78 is 0. The van der Waals surface area contributed by atoms with Crippen LogP contribution in [-0.2, 0) is 22.7 Å². The Labute approximate surface area is 93.7 Å². The largest absolute Gasteiger partial charge is 0.235 e. The molecule has 0 N–H and O–H groups in total. The number of carbonyl (C=O) groups excluding carboxylic acids is 2. The number of isocyanates is 2. The minimum absolute atomic E-state index is 0.313. The number of nitrogens with zero attached hydrogens (tertiary/aromatic N) is 2. The van der Waals surface area contributed by atoms with Gasteiger partial charge in [-0.05, 0) is 36.1 Å². The van der Waals surface area contributed by atoms with Crippen molar-refractivity contribution in [3.63, 3.8) is 0 Å². The Morgan fingerprint density at radius 1 is 1.06 bits per heavy atom. The summed E-state index contributed by atoms with van der Waals surface area (Å²) in [4.78, 5) is 27.3. The molecule has 0 saturated heterocycles. The normalized spacial score (nSPS) is 9.12. The average molecular weight is 216 g/mol. The van der Waals surface area contributed by atoms with E-state index in [4.69, 9.17) is 0 Å². The molecule has 0 aromatic heterocycles. The SMILES string of the molecule is Cc1ccc(CN=C=O)c(C)c1CN=C=O. The van der Waals surface area contributed by atoms with Crippen LogP contribution in [0, 0.1) is 13.8 Å². The van der Waals surface area contributed by atoms with Crippen LogP contribution in [0.15, 0.2) is 22.1 Å². The van der Waals surface area contributed by atoms with Crippen molar-refractivity contribution in [1.82, 2.24) is 0 Å². The van der Waals surface area contributed by atoms with Crippen molar-refractivity contribution in [3.8, 4) is 0 Å². The molecule has 0 atom stereocenters. The summed E-state index contributed by atoms with van der Waals surface area (Å²) in [5, 5.41) is 0. The third kappa shape index (κ3) is 2.74. The molecule has 0 fully saturated rings. The Bertz CT molecular complexity index is 482. The first-order valence-electron chi connectivity index (χ1n) is 4.86. The van der Waals surface area contributed by atoms with E-state index in [1.54, 1.807) is 0 Å². The number of aryl methyl sites for hydroxylation is 1. The summed E-state index contributed by atoms with van der Waals surface area (Å²) in [5.41, 5.74) is 4.01. The van der Waals surface area contributed by atoms with E-state index in [1.807, 2.05) is 26.0 Å². The minimum atomic E-state index is 0.313. The molecule has 16 heavy (non-hydrogen) atoms. The second-order valence-electron chi connectivity index (χ2n) is 3.46. The van der Waals surface area contributed by atoms with Gasteiger partial charge in [0, 0.05) is 0 Å². The second kappa shape index (κ2) is 5.76. The molecule has 0 saturated carbocycles. The molecule has 0 aliphatic rings. The third-order valence-electron chi connectivity index (χ3n) is 2.56. The van der Waals surface area contributed by atoms with Crippen LogP contribution in [0.25, 0.3) is 0 Å². The summed E-state index contributed by atoms with van der Waals surface area (Å²) >= 11 is 0. The molecular weight excluding hydrogens is 204 g/mol. The lowest BCUT2D eigenvalue weighted by molar-refractivity contribution is 0.562. The number of benzene rings is 1. The highest BCUT2D eigenvalue weighted by atomic mass is 16.1. The lowest BCUT2D eigenvalue weighted by Gasteiger charge is -2.10. The predicted octanol–water partition coefficient (Wildman–Crippen LogP) is 1.98. The lowest BCUT2D eigenvalue weighted by atomic mass is 9.98. The van der Waals surface area contributed by atoms with Gasteiger partial charge in [-0.15, -0.1) is 0 Å². The van der Waals surface area contributed by atoms with Gasteiger partial charge in [0.05, 0.1) is 13.1 Å². The number of aliphatic imine (C=N–C) groups is 2. The van der Waals surface area contributed by atoms with E-state index in [1.165, 1.54) is 12.2 Å². The van der Waals surface area contributed by atoms with E-state index in [9.17, 15) is 9.59 Å². The highest BCUT2D eigenvalue weighted by Crippen LogP contribution is 2.19. The zero-order chi connectivity index (χ0) is 12.0. The van der Waals surface area contributed by atoms with Crippen molar-refractivity contribution in [3.05, 3.63) is 34.4 Å². The Kier molecular flexibility index (Phi) is 4.34. The van der Waals surface area contributed by atoms with Crippen LogP contribution < -0.4 is 0 Å². The maximum atomic E-state index is 10.1. The first-order valence-corrected chi connectivity index (χ1v) is 4.86. The molecule has 0 bridgehead atoms. The lowest BCUT2D eigenvalue weighted by Crippen LogP contribution is -1.97. The van der Waals surface area contributed by atoms with E-state index < -0.39 is 0 Å². The van der Waals surface area contributed by atoms with Crippen molar-refractivity contribution in [1.29, 1.82) is 0 Å². The summed E-state index contributed by atoms with van der Waals surface area (Å²) in [5.74, 6) is 0. The molecule has 0 heterocycles. The number of hydrogen-bond acceptors (Lipinski definition) is 4. The number of rotatable bonds is 4. The van der Waals surface area contributed by atoms with Crippen molar-refractivity contribution in [2.45, 2.75) is 26.9 Å². The van der Waals surface area contributed by atoms with Gasteiger partial charge in [-0.25, -0.2) is 19.6 Å². The Morgan fingerprint density at radius 2 is 1.69 bits per heavy atom. The molecule has 4 heteroatoms. The van der Waals surface area contributed by atoms with Gasteiger partial charge < -0.3 is 0 Å². The Hall–Kier alpha value is -2.02. The van der Waals surface area contributed by atoms with Crippen LogP contribution >= 0.6 is 0 Å². The van der Waals surface area contributed by atoms with Gasteiger partial charge in [0.25, 0.3) is 0 Å². The fraction of sp³-hybridized carbons (Fsp3) is 0.333. The molecule has 1 aromatic carbocycles. The van der Waals surface area contributed by atoms with Crippen molar-refractivity contribution >= 4 is 12.2 Å². The van der Waals surface area contributed by atoms with Crippen molar-refractivity contribution in [2.24, 2.45) is 9.98 Å². The van der Waals surface area contributed by atoms with Gasteiger partial charge in [0.1, 0.15) is 0 Å². The topological polar surface area (TPSA) is 58.9 Å². The molecule has 0 amide bonds. The maximum Gasteiger partial charge on any atom is 0.235 e. The van der Waals surface area contributed by atoms with Gasteiger partial charge in [-0.3, -0.25) is 0 Å². The summed E-state index contributed by atoms with van der Waals surface area (Å²) in [6.07, 6.45) is 3.03. The molecule has 4 nitrogen and oxygen atoms in total. The van der Waals surface area contributed by atoms with Crippen molar-refractivity contribution in [2.75, 3.05) is 0 Å². The molecule has 0 spiro atoms. The number of hydrogen-bond donors (Lipinski definition) is 0. The van der Waals surface area contributed by atoms with Gasteiger partial charge in [0.15, 0.2) is 0 Å². The highest BCUT2D eigenvalue weighted by molar-refractivity contribution is 5.42. The summed E-state index contributed by atoms with van der Waals surface area (Å²) in [6, 6.07) is 3.85. The van der Waals surface area contributed by atoms with E-state index in [-0.39, 0.29) is 0 Å². The first kappa shape index (κ1) is 12.1. The van der Waals surface area contributed by atoms with E-state index in [2.05, 4.69) is 9.98 Å². The van der Waals surface area contributed by atoms with E-state index >= 15 is 0 Å². The average Bonchev–Trinajstić information content (AvgIpc) is 2.28. The summed E-state index contributed by atoms with van der Waals surface area (Å²) in [6.45, 7) is 4.51. The van der Waals surface area contributed by atoms with Crippen LogP contribution in [0.4, 0.5) is 0 Å². The third-order valence-corrected chi connectivity index (χ3v) is 2.56. The van der Waals surface area contributed by atoms with Gasteiger partial charge in [0.2, 0.25) is 12.2 Å². The van der Waals surface area contributed by atoms with Crippen LogP contribution in [0.2, 0.25) is 0 Å². The van der Waals surface area contributed by atoms with Crippen LogP contribution in [-0.4, -0.2) is 12.2 Å². The van der Waals surface area contributed by atoms with Gasteiger partial charge in [-0.1, -0.05) is 12.1 Å². The molecular formula is C12H12N2O2. The smallest absolute Gasteiger partial charge is 0.211 e. The fourth-order valence-corrected chi connectivity index (χ4v) is 1.58. The van der Waals surface area contributed by atoms with E-state index in [0.29, 0.717) is 13.1 Å². The van der Waals surface area contributed by atoms with Crippen LogP contribution in [0.5, 0.6) is 0 Å². The molecule has 0 radical (unpaired) electrons. The fourth-order valence-electron chi connectivity index (χ4n) is 1.58. The minimum Gasteiger partial charge on any atom is -0.211 e. The first-order chi connectivity index (χ1) is 7.70. The maximum absolute atomic E-state index is 10.1. The second-order valence-corrected chi connectivity index (χ2v) is 3.46. The highest BCUT2D eigenvalue weighted by Gasteiger charge is 2.06. The molecule has 0 aliphatic heterocycles. The molecule has 0 unspecified atom stereocenters. The standard InChI is InChI=1S/C12H12N2O2/c1-9-3-4-11(5-13-7-15)10(2)12(9)6-14-8-16/h3-4H,5-6H2,1-2H3. The van der Waals surface area contributed by atoms with Crippen LogP contribution in [0.1, 0.15) is 22.3 Å². The molecule has 1 aromatic rings. The van der Waals surface area contributed by atoms with E-state index in [0.717, 1.165) is 22.3 Å². The molecule has 82 valence electrons.